The maximum Gasteiger partial charge on any atom is 0.180 e. The van der Waals surface area contributed by atoms with Crippen LogP contribution in [0.4, 0.5) is 4.39 Å². The Morgan fingerprint density at radius 3 is 2.50 bits per heavy atom. The van der Waals surface area contributed by atoms with E-state index in [0.29, 0.717) is 23.1 Å². The van der Waals surface area contributed by atoms with E-state index >= 15 is 4.39 Å². The largest absolute Gasteiger partial charge is 0.326 e. The Morgan fingerprint density at radius 2 is 1.97 bits per heavy atom. The van der Waals surface area contributed by atoms with Crippen LogP contribution in [0.1, 0.15) is 50.8 Å². The van der Waals surface area contributed by atoms with Crippen LogP contribution >= 0.6 is 30.1 Å². The quantitative estimate of drug-likeness (QED) is 0.517. The highest BCUT2D eigenvalue weighted by molar-refractivity contribution is 7.91. The van der Waals surface area contributed by atoms with Crippen LogP contribution in [-0.2, 0) is 16.9 Å². The summed E-state index contributed by atoms with van der Waals surface area (Å²) in [5.74, 6) is 0.740. The number of halogens is 2. The van der Waals surface area contributed by atoms with Crippen LogP contribution in [0.25, 0.3) is 17.6 Å². The molecule has 1 saturated carbocycles. The molecule has 30 heavy (non-hydrogen) atoms. The Kier molecular flexibility index (Phi) is 6.53. The predicted octanol–water partition coefficient (Wildman–Crippen LogP) is 4.93. The van der Waals surface area contributed by atoms with Crippen molar-refractivity contribution in [2.75, 3.05) is 5.75 Å². The van der Waals surface area contributed by atoms with Crippen LogP contribution in [0.3, 0.4) is 0 Å². The Bertz CT molecular complexity index is 1100. The second-order valence-electron chi connectivity index (χ2n) is 8.28. The van der Waals surface area contributed by atoms with E-state index in [0.717, 1.165) is 18.4 Å². The molecule has 5 nitrogen and oxygen atoms in total. The molecule has 1 aliphatic carbocycles. The first-order valence-electron chi connectivity index (χ1n) is 9.68. The first-order valence-corrected chi connectivity index (χ1v) is 12.9. The molecule has 0 aromatic carbocycles. The first kappa shape index (κ1) is 23.8. The van der Waals surface area contributed by atoms with Crippen molar-refractivity contribution in [2.24, 2.45) is 7.05 Å². The summed E-state index contributed by atoms with van der Waals surface area (Å²) in [6.45, 7) is 5.06. The van der Waals surface area contributed by atoms with Crippen LogP contribution in [0, 0.1) is 0 Å². The molecule has 0 saturated heterocycles. The summed E-state index contributed by atoms with van der Waals surface area (Å²) >= 11 is 6.31. The number of hydrogen-bond donors (Lipinski definition) is 0. The van der Waals surface area contributed by atoms with Gasteiger partial charge in [-0.05, 0) is 36.5 Å². The number of rotatable bonds is 7. The molecule has 1 fully saturated rings. The van der Waals surface area contributed by atoms with Gasteiger partial charge in [0.25, 0.3) is 0 Å². The van der Waals surface area contributed by atoms with Crippen LogP contribution in [0.15, 0.2) is 28.4 Å². The number of alkyl halides is 1. The van der Waals surface area contributed by atoms with Gasteiger partial charge in [0.1, 0.15) is 5.69 Å². The summed E-state index contributed by atoms with van der Waals surface area (Å²) in [6, 6.07) is 1.72. The van der Waals surface area contributed by atoms with Gasteiger partial charge >= 0.3 is 0 Å². The van der Waals surface area contributed by atoms with E-state index in [1.54, 1.807) is 44.6 Å². The van der Waals surface area contributed by atoms with Crippen LogP contribution in [0.2, 0.25) is 0 Å². The molecule has 3 rings (SSSR count). The van der Waals surface area contributed by atoms with E-state index in [1.165, 1.54) is 12.3 Å². The van der Waals surface area contributed by atoms with Gasteiger partial charge in [0.2, 0.25) is 0 Å². The van der Waals surface area contributed by atoms with Gasteiger partial charge < -0.3 is 4.57 Å². The highest BCUT2D eigenvalue weighted by Crippen LogP contribution is 2.47. The fourth-order valence-electron chi connectivity index (χ4n) is 2.98. The van der Waals surface area contributed by atoms with Gasteiger partial charge in [-0.15, -0.1) is 9.24 Å². The van der Waals surface area contributed by atoms with Crippen molar-refractivity contribution in [3.8, 4) is 11.5 Å². The molecule has 2 heterocycles. The maximum atomic E-state index is 15.2. The van der Waals surface area contributed by atoms with Crippen LogP contribution in [-0.4, -0.2) is 39.3 Å². The van der Waals surface area contributed by atoms with Gasteiger partial charge in [-0.1, -0.05) is 41.6 Å². The fraction of sp³-hybridized carbons (Fsp3) is 0.500. The van der Waals surface area contributed by atoms with E-state index < -0.39 is 20.4 Å². The Hall–Kier alpha value is -0.870. The smallest absolute Gasteiger partial charge is 0.180 e. The zero-order chi connectivity index (χ0) is 22.5. The molecule has 0 N–H and O–H groups in total. The zero-order valence-corrected chi connectivity index (χ0v) is 21.4. The van der Waals surface area contributed by atoms with Crippen molar-refractivity contribution in [1.82, 2.24) is 14.5 Å². The molecule has 164 valence electrons. The van der Waals surface area contributed by atoms with E-state index in [-0.39, 0.29) is 15.7 Å². The molecule has 10 heteroatoms. The number of sulfone groups is 1. The zero-order valence-electron chi connectivity index (χ0n) is 17.5. The molecule has 1 aliphatic rings. The van der Waals surface area contributed by atoms with Gasteiger partial charge in [-0.25, -0.2) is 17.8 Å². The third-order valence-corrected chi connectivity index (χ3v) is 9.55. The Morgan fingerprint density at radius 1 is 1.33 bits per heavy atom. The monoisotopic (exact) mass is 489 g/mol. The van der Waals surface area contributed by atoms with Gasteiger partial charge in [0, 0.05) is 18.4 Å². The normalized spacial score (nSPS) is 17.8. The molecule has 0 aliphatic heterocycles. The van der Waals surface area contributed by atoms with Crippen molar-refractivity contribution in [1.29, 1.82) is 0 Å². The topological polar surface area (TPSA) is 64.8 Å². The van der Waals surface area contributed by atoms with Crippen molar-refractivity contribution in [3.63, 3.8) is 0 Å². The van der Waals surface area contributed by atoms with E-state index in [2.05, 4.69) is 28.4 Å². The van der Waals surface area contributed by atoms with Crippen molar-refractivity contribution < 1.29 is 12.8 Å². The lowest BCUT2D eigenvalue weighted by Crippen LogP contribution is -2.35. The summed E-state index contributed by atoms with van der Waals surface area (Å²) < 4.78 is 42.4. The molecule has 0 radical (unpaired) electrons. The predicted molar refractivity (Wildman–Crippen MR) is 127 cm³/mol. The summed E-state index contributed by atoms with van der Waals surface area (Å²) in [5, 5.41) is -2.67. The summed E-state index contributed by atoms with van der Waals surface area (Å²) in [6.07, 6.45) is 6.87. The van der Waals surface area contributed by atoms with Gasteiger partial charge in [-0.2, -0.15) is 0 Å². The number of aromatic nitrogens is 3. The SMILES string of the molecule is CCS(=O)(=O)c1cc(C2CC2)cnc1-c1ncc(/C=C(\Cl)C(F)(P)C(C)(C)P)n1C. The fourth-order valence-corrected chi connectivity index (χ4v) is 4.73. The summed E-state index contributed by atoms with van der Waals surface area (Å²) in [7, 11) is 2.84. The molecule has 2 aromatic heterocycles. The molecular formula is C20H27ClFN3O2P2S. The Balaban J connectivity index is 2.09. The number of imidazole rings is 1. The third-order valence-electron chi connectivity index (χ3n) is 5.43. The van der Waals surface area contributed by atoms with Crippen molar-refractivity contribution in [3.05, 3.63) is 34.7 Å². The Labute approximate surface area is 187 Å². The second-order valence-corrected chi connectivity index (χ2v) is 13.2. The molecular weight excluding hydrogens is 463 g/mol. The first-order chi connectivity index (χ1) is 13.8. The summed E-state index contributed by atoms with van der Waals surface area (Å²) in [5.41, 5.74) is 1.78. The van der Waals surface area contributed by atoms with Crippen LogP contribution < -0.4 is 0 Å². The molecule has 0 amide bonds. The second kappa shape index (κ2) is 8.24. The average Bonchev–Trinajstić information content (AvgIpc) is 3.45. The van der Waals surface area contributed by atoms with Crippen molar-refractivity contribution >= 4 is 46.0 Å². The average molecular weight is 490 g/mol. The van der Waals surface area contributed by atoms with Crippen molar-refractivity contribution in [2.45, 2.75) is 55.0 Å². The summed E-state index contributed by atoms with van der Waals surface area (Å²) in [4.78, 5) is 9.03. The highest BCUT2D eigenvalue weighted by atomic mass is 35.5. The van der Waals surface area contributed by atoms with Crippen LogP contribution in [0.5, 0.6) is 0 Å². The van der Waals surface area contributed by atoms with Gasteiger partial charge in [0.15, 0.2) is 21.1 Å². The van der Waals surface area contributed by atoms with E-state index in [1.807, 2.05) is 0 Å². The lowest BCUT2D eigenvalue weighted by atomic mass is 10.1. The molecule has 0 bridgehead atoms. The van der Waals surface area contributed by atoms with E-state index in [4.69, 9.17) is 11.6 Å². The molecule has 0 spiro atoms. The lowest BCUT2D eigenvalue weighted by Gasteiger charge is -2.33. The third kappa shape index (κ3) is 4.50. The number of hydrogen-bond acceptors (Lipinski definition) is 4. The van der Waals surface area contributed by atoms with E-state index in [9.17, 15) is 8.42 Å². The minimum Gasteiger partial charge on any atom is -0.326 e. The number of nitrogens with zero attached hydrogens (tertiary/aromatic N) is 3. The molecule has 3 unspecified atom stereocenters. The highest BCUT2D eigenvalue weighted by Gasteiger charge is 2.41. The number of allylic oxidation sites excluding steroid dienone is 1. The van der Waals surface area contributed by atoms with Gasteiger partial charge in [0.05, 0.1) is 27.6 Å². The van der Waals surface area contributed by atoms with Gasteiger partial charge in [-0.3, -0.25) is 4.98 Å². The standard InChI is InChI=1S/C20H27ClFN3O2P2S/c1-5-30(26,27)15-8-13(12-6-7-12)10-23-17(15)18-24-11-14(25(18)4)9-16(21)20(22,29)19(2,3)28/h8-12H,5-7,28-29H2,1-4H3/b16-9-. The maximum absolute atomic E-state index is 15.2. The minimum atomic E-state index is -3.50. The lowest BCUT2D eigenvalue weighted by molar-refractivity contribution is 0.292. The number of pyridine rings is 1. The minimum absolute atomic E-state index is 0.000457. The molecule has 3 atom stereocenters. The molecule has 2 aromatic rings.